The molecule has 0 aliphatic heterocycles. The van der Waals surface area contributed by atoms with Gasteiger partial charge < -0.3 is 4.90 Å². The number of hydrogen-bond donors (Lipinski definition) is 0. The van der Waals surface area contributed by atoms with E-state index in [9.17, 15) is 4.79 Å². The Labute approximate surface area is 94.9 Å². The van der Waals surface area contributed by atoms with Crippen molar-refractivity contribution in [2.24, 2.45) is 0 Å². The summed E-state index contributed by atoms with van der Waals surface area (Å²) < 4.78 is 1.12. The predicted octanol–water partition coefficient (Wildman–Crippen LogP) is 0.601. The third-order valence-electron chi connectivity index (χ3n) is 2.12. The molecular formula is C10H17N5O. The Kier molecular flexibility index (Phi) is 4.78. The van der Waals surface area contributed by atoms with Gasteiger partial charge in [-0.2, -0.15) is 4.68 Å². The Hall–Kier alpha value is -1.56. The second-order valence-corrected chi connectivity index (χ2v) is 3.99. The van der Waals surface area contributed by atoms with Crippen LogP contribution in [0, 0.1) is 0 Å². The highest BCUT2D eigenvalue weighted by molar-refractivity contribution is 5.89. The molecule has 0 spiro atoms. The molecule has 88 valence electrons. The predicted molar refractivity (Wildman–Crippen MR) is 60.0 cm³/mol. The molecule has 1 rings (SSSR count). The van der Waals surface area contributed by atoms with E-state index < -0.39 is 0 Å². The van der Waals surface area contributed by atoms with Crippen molar-refractivity contribution in [2.75, 3.05) is 20.6 Å². The first kappa shape index (κ1) is 12.5. The van der Waals surface area contributed by atoms with Crippen LogP contribution in [0.4, 0.5) is 0 Å². The summed E-state index contributed by atoms with van der Waals surface area (Å²) in [6, 6.07) is 0. The van der Waals surface area contributed by atoms with Crippen LogP contribution >= 0.6 is 0 Å². The Morgan fingerprint density at radius 2 is 2.25 bits per heavy atom. The first-order valence-corrected chi connectivity index (χ1v) is 5.19. The Morgan fingerprint density at radius 1 is 1.50 bits per heavy atom. The number of hydrogen-bond acceptors (Lipinski definition) is 5. The van der Waals surface area contributed by atoms with Crippen LogP contribution in [-0.2, 0) is 0 Å². The van der Waals surface area contributed by atoms with Crippen molar-refractivity contribution in [3.63, 3.8) is 0 Å². The fraction of sp³-hybridized carbons (Fsp3) is 0.600. The molecule has 0 amide bonds. The second kappa shape index (κ2) is 6.12. The lowest BCUT2D eigenvalue weighted by atomic mass is 10.1. The smallest absolute Gasteiger partial charge is 0.273 e. The summed E-state index contributed by atoms with van der Waals surface area (Å²) in [5.74, 6) is -0.202. The van der Waals surface area contributed by atoms with Crippen LogP contribution in [0.5, 0.6) is 0 Å². The molecule has 6 heteroatoms. The molecule has 0 aliphatic rings. The van der Waals surface area contributed by atoms with Crippen molar-refractivity contribution >= 4 is 5.91 Å². The van der Waals surface area contributed by atoms with Gasteiger partial charge in [0.05, 0.1) is 0 Å². The van der Waals surface area contributed by atoms with Crippen LogP contribution in [0.15, 0.2) is 18.0 Å². The zero-order valence-corrected chi connectivity index (χ0v) is 9.92. The van der Waals surface area contributed by atoms with Gasteiger partial charge in [0.25, 0.3) is 5.91 Å². The normalized spacial score (nSPS) is 12.1. The lowest BCUT2D eigenvalue weighted by Crippen LogP contribution is -2.13. The highest BCUT2D eigenvalue weighted by atomic mass is 16.2. The number of carbonyl (C=O) groups is 1. The molecule has 0 aliphatic carbocycles. The van der Waals surface area contributed by atoms with Crippen molar-refractivity contribution in [1.82, 2.24) is 25.1 Å². The molecule has 0 bridgehead atoms. The molecule has 0 N–H and O–H groups in total. The van der Waals surface area contributed by atoms with Crippen molar-refractivity contribution in [3.8, 4) is 0 Å². The van der Waals surface area contributed by atoms with Gasteiger partial charge in [0.15, 0.2) is 0 Å². The topological polar surface area (TPSA) is 63.9 Å². The average Bonchev–Trinajstić information content (AvgIpc) is 2.69. The maximum atomic E-state index is 11.5. The van der Waals surface area contributed by atoms with Gasteiger partial charge in [0.2, 0.25) is 0 Å². The summed E-state index contributed by atoms with van der Waals surface area (Å²) in [5, 5.41) is 10.4. The molecule has 0 radical (unpaired) electrons. The summed E-state index contributed by atoms with van der Waals surface area (Å²) >= 11 is 0. The molecule has 6 nitrogen and oxygen atoms in total. The van der Waals surface area contributed by atoms with Gasteiger partial charge in [-0.25, -0.2) is 0 Å². The number of allylic oxidation sites excluding steroid dienone is 2. The van der Waals surface area contributed by atoms with Crippen LogP contribution in [0.3, 0.4) is 0 Å². The van der Waals surface area contributed by atoms with Gasteiger partial charge in [0.1, 0.15) is 6.33 Å². The molecule has 1 aromatic rings. The Bertz CT molecular complexity index is 355. The summed E-state index contributed by atoms with van der Waals surface area (Å²) in [6.07, 6.45) is 4.82. The number of carbonyl (C=O) groups excluding carboxylic acids is 1. The van der Waals surface area contributed by atoms with Crippen molar-refractivity contribution < 1.29 is 4.79 Å². The lowest BCUT2D eigenvalue weighted by molar-refractivity contribution is 0.0950. The summed E-state index contributed by atoms with van der Waals surface area (Å²) in [6.45, 7) is 2.96. The van der Waals surface area contributed by atoms with Gasteiger partial charge in [-0.15, -0.1) is 5.10 Å². The fourth-order valence-corrected chi connectivity index (χ4v) is 1.29. The maximum absolute atomic E-state index is 11.5. The van der Waals surface area contributed by atoms with Crippen LogP contribution in [0.2, 0.25) is 0 Å². The van der Waals surface area contributed by atoms with E-state index in [4.69, 9.17) is 0 Å². The van der Waals surface area contributed by atoms with E-state index in [1.807, 2.05) is 21.0 Å². The number of aromatic nitrogens is 4. The van der Waals surface area contributed by atoms with Crippen molar-refractivity contribution in [3.05, 3.63) is 18.0 Å². The second-order valence-electron chi connectivity index (χ2n) is 3.99. The van der Waals surface area contributed by atoms with Gasteiger partial charge in [0, 0.05) is 6.08 Å². The third kappa shape index (κ3) is 4.31. The van der Waals surface area contributed by atoms with E-state index in [-0.39, 0.29) is 5.91 Å². The number of tetrazole rings is 1. The first-order chi connectivity index (χ1) is 7.59. The summed E-state index contributed by atoms with van der Waals surface area (Å²) in [4.78, 5) is 13.7. The van der Waals surface area contributed by atoms with E-state index >= 15 is 0 Å². The molecule has 1 aromatic heterocycles. The zero-order chi connectivity index (χ0) is 12.0. The van der Waals surface area contributed by atoms with E-state index in [0.717, 1.165) is 29.6 Å². The SMILES string of the molecule is CC(=CC(=O)n1cnnn1)CCCN(C)C. The lowest BCUT2D eigenvalue weighted by Gasteiger charge is -2.08. The standard InChI is InChI=1S/C10H17N5O/c1-9(5-4-6-14(2)3)7-10(16)15-8-11-12-13-15/h7-8H,4-6H2,1-3H3. The Balaban J connectivity index is 2.41. The summed E-state index contributed by atoms with van der Waals surface area (Å²) in [5.41, 5.74) is 1.04. The highest BCUT2D eigenvalue weighted by Gasteiger charge is 2.02. The van der Waals surface area contributed by atoms with Crippen LogP contribution in [0.25, 0.3) is 0 Å². The first-order valence-electron chi connectivity index (χ1n) is 5.19. The van der Waals surface area contributed by atoms with Gasteiger partial charge in [-0.3, -0.25) is 4.79 Å². The molecule has 0 atom stereocenters. The van der Waals surface area contributed by atoms with Crippen LogP contribution in [-0.4, -0.2) is 51.7 Å². The molecule has 0 aromatic carbocycles. The Morgan fingerprint density at radius 3 is 2.81 bits per heavy atom. The van der Waals surface area contributed by atoms with Gasteiger partial charge in [-0.1, -0.05) is 5.57 Å². The third-order valence-corrected chi connectivity index (χ3v) is 2.12. The van der Waals surface area contributed by atoms with Gasteiger partial charge in [-0.05, 0) is 50.8 Å². The molecule has 0 fully saturated rings. The molecule has 16 heavy (non-hydrogen) atoms. The summed E-state index contributed by atoms with van der Waals surface area (Å²) in [7, 11) is 4.07. The molecule has 1 heterocycles. The van der Waals surface area contributed by atoms with E-state index in [0.29, 0.717) is 0 Å². The molecular weight excluding hydrogens is 206 g/mol. The number of nitrogens with zero attached hydrogens (tertiary/aromatic N) is 5. The molecule has 0 saturated heterocycles. The fourth-order valence-electron chi connectivity index (χ4n) is 1.29. The minimum Gasteiger partial charge on any atom is -0.309 e. The van der Waals surface area contributed by atoms with Gasteiger partial charge >= 0.3 is 0 Å². The maximum Gasteiger partial charge on any atom is 0.273 e. The zero-order valence-electron chi connectivity index (χ0n) is 9.92. The quantitative estimate of drug-likeness (QED) is 0.540. The van der Waals surface area contributed by atoms with E-state index in [1.54, 1.807) is 6.08 Å². The van der Waals surface area contributed by atoms with Crippen LogP contribution < -0.4 is 0 Å². The average molecular weight is 223 g/mol. The van der Waals surface area contributed by atoms with E-state index in [1.165, 1.54) is 6.33 Å². The molecule has 0 unspecified atom stereocenters. The monoisotopic (exact) mass is 223 g/mol. The van der Waals surface area contributed by atoms with Crippen molar-refractivity contribution in [1.29, 1.82) is 0 Å². The number of rotatable bonds is 5. The minimum atomic E-state index is -0.202. The van der Waals surface area contributed by atoms with Crippen molar-refractivity contribution in [2.45, 2.75) is 19.8 Å². The highest BCUT2D eigenvalue weighted by Crippen LogP contribution is 2.04. The van der Waals surface area contributed by atoms with Crippen LogP contribution in [0.1, 0.15) is 24.6 Å². The largest absolute Gasteiger partial charge is 0.309 e. The van der Waals surface area contributed by atoms with E-state index in [2.05, 4.69) is 20.4 Å². The molecule has 0 saturated carbocycles. The minimum absolute atomic E-state index is 0.202.